The number of thioether (sulfide) groups is 2. The summed E-state index contributed by atoms with van der Waals surface area (Å²) in [4.78, 5) is 12.3. The summed E-state index contributed by atoms with van der Waals surface area (Å²) in [5.74, 6) is 2.88. The van der Waals surface area contributed by atoms with Gasteiger partial charge in [0, 0.05) is 17.3 Å². The first-order valence-corrected chi connectivity index (χ1v) is 8.43. The molecule has 4 heteroatoms. The maximum atomic E-state index is 12.3. The molecule has 1 aliphatic heterocycles. The molecule has 0 bridgehead atoms. The maximum absolute atomic E-state index is 12.3. The maximum Gasteiger partial charge on any atom is 0.339 e. The molecule has 2 aromatic rings. The first-order chi connectivity index (χ1) is 9.34. The van der Waals surface area contributed by atoms with E-state index in [0.29, 0.717) is 5.56 Å². The predicted molar refractivity (Wildman–Crippen MR) is 82.9 cm³/mol. The van der Waals surface area contributed by atoms with Crippen molar-refractivity contribution in [3.8, 4) is 0 Å². The van der Waals surface area contributed by atoms with Gasteiger partial charge < -0.3 is 4.74 Å². The van der Waals surface area contributed by atoms with Crippen LogP contribution in [0.4, 0.5) is 0 Å². The lowest BCUT2D eigenvalue weighted by molar-refractivity contribution is 0.0489. The van der Waals surface area contributed by atoms with Crippen LogP contribution in [0, 0.1) is 0 Å². The Morgan fingerprint density at radius 3 is 2.79 bits per heavy atom. The van der Waals surface area contributed by atoms with E-state index in [-0.39, 0.29) is 11.4 Å². The summed E-state index contributed by atoms with van der Waals surface area (Å²) in [5.41, 5.74) is 0.652. The molecule has 19 heavy (non-hydrogen) atoms. The molecule has 1 atom stereocenters. The van der Waals surface area contributed by atoms with Crippen LogP contribution < -0.4 is 0 Å². The zero-order valence-electron chi connectivity index (χ0n) is 10.4. The Hall–Kier alpha value is -1.13. The molecular formula is C15H14O2S2. The fourth-order valence-electron chi connectivity index (χ4n) is 2.12. The fourth-order valence-corrected chi connectivity index (χ4v) is 4.50. The van der Waals surface area contributed by atoms with Gasteiger partial charge in [0.2, 0.25) is 0 Å². The minimum Gasteiger partial charge on any atom is -0.447 e. The molecule has 0 aliphatic carbocycles. The van der Waals surface area contributed by atoms with Crippen molar-refractivity contribution in [3.63, 3.8) is 0 Å². The normalized spacial score (nSPS) is 19.3. The first-order valence-electron chi connectivity index (χ1n) is 6.23. The lowest BCUT2D eigenvalue weighted by atomic mass is 10.1. The van der Waals surface area contributed by atoms with Crippen molar-refractivity contribution < 1.29 is 9.53 Å². The van der Waals surface area contributed by atoms with Gasteiger partial charge in [-0.3, -0.25) is 0 Å². The third-order valence-electron chi connectivity index (χ3n) is 3.03. The molecule has 98 valence electrons. The van der Waals surface area contributed by atoms with Gasteiger partial charge in [-0.15, -0.1) is 11.8 Å². The Kier molecular flexibility index (Phi) is 3.99. The summed E-state index contributed by atoms with van der Waals surface area (Å²) in [7, 11) is 0. The molecule has 1 unspecified atom stereocenters. The lowest BCUT2D eigenvalue weighted by Crippen LogP contribution is -2.21. The van der Waals surface area contributed by atoms with Crippen LogP contribution in [0.25, 0.3) is 10.8 Å². The molecular weight excluding hydrogens is 276 g/mol. The van der Waals surface area contributed by atoms with Gasteiger partial charge in [0.1, 0.15) is 0 Å². The summed E-state index contributed by atoms with van der Waals surface area (Å²) in [6.45, 7) is 0. The Labute approximate surface area is 120 Å². The predicted octanol–water partition coefficient (Wildman–Crippen LogP) is 3.80. The van der Waals surface area contributed by atoms with Gasteiger partial charge in [-0.05, 0) is 16.8 Å². The van der Waals surface area contributed by atoms with Gasteiger partial charge in [0.15, 0.2) is 5.44 Å². The van der Waals surface area contributed by atoms with E-state index in [1.165, 1.54) is 0 Å². The van der Waals surface area contributed by atoms with E-state index in [9.17, 15) is 4.79 Å². The third kappa shape index (κ3) is 2.90. The van der Waals surface area contributed by atoms with E-state index in [0.717, 1.165) is 28.0 Å². The van der Waals surface area contributed by atoms with Crippen LogP contribution in [-0.4, -0.2) is 28.7 Å². The van der Waals surface area contributed by atoms with Gasteiger partial charge in [-0.2, -0.15) is 11.8 Å². The van der Waals surface area contributed by atoms with Crippen LogP contribution >= 0.6 is 23.5 Å². The van der Waals surface area contributed by atoms with E-state index in [1.807, 2.05) is 54.2 Å². The number of fused-ring (bicyclic) bond motifs is 1. The summed E-state index contributed by atoms with van der Waals surface area (Å²) >= 11 is 3.57. The molecule has 0 spiro atoms. The minimum atomic E-state index is -0.211. The molecule has 0 N–H and O–H groups in total. The number of benzene rings is 2. The molecule has 0 saturated carbocycles. The van der Waals surface area contributed by atoms with Gasteiger partial charge in [0.25, 0.3) is 0 Å². The van der Waals surface area contributed by atoms with Crippen molar-refractivity contribution in [2.24, 2.45) is 0 Å². The van der Waals surface area contributed by atoms with Crippen LogP contribution in [0.2, 0.25) is 0 Å². The molecule has 2 aromatic carbocycles. The van der Waals surface area contributed by atoms with Crippen molar-refractivity contribution in [1.29, 1.82) is 0 Å². The number of ether oxygens (including phenoxy) is 1. The van der Waals surface area contributed by atoms with E-state index >= 15 is 0 Å². The highest BCUT2D eigenvalue weighted by atomic mass is 32.2. The van der Waals surface area contributed by atoms with Crippen LogP contribution in [0.15, 0.2) is 42.5 Å². The summed E-state index contributed by atoms with van der Waals surface area (Å²) < 4.78 is 5.59. The Balaban J connectivity index is 1.85. The van der Waals surface area contributed by atoms with Crippen molar-refractivity contribution in [2.45, 2.75) is 5.44 Å². The largest absolute Gasteiger partial charge is 0.447 e. The monoisotopic (exact) mass is 290 g/mol. The van der Waals surface area contributed by atoms with E-state index in [1.54, 1.807) is 11.8 Å². The zero-order chi connectivity index (χ0) is 13.1. The molecule has 2 nitrogen and oxygen atoms in total. The number of esters is 1. The van der Waals surface area contributed by atoms with Crippen LogP contribution in [-0.2, 0) is 4.74 Å². The van der Waals surface area contributed by atoms with Crippen molar-refractivity contribution in [1.82, 2.24) is 0 Å². The average Bonchev–Trinajstić information content (AvgIpc) is 2.47. The highest BCUT2D eigenvalue weighted by molar-refractivity contribution is 8.06. The number of hydrogen-bond donors (Lipinski definition) is 0. The van der Waals surface area contributed by atoms with Crippen LogP contribution in [0.3, 0.4) is 0 Å². The topological polar surface area (TPSA) is 26.3 Å². The second-order valence-electron chi connectivity index (χ2n) is 4.31. The minimum absolute atomic E-state index is 0.00906. The number of rotatable bonds is 2. The Morgan fingerprint density at radius 2 is 1.95 bits per heavy atom. The molecule has 1 aliphatic rings. The van der Waals surface area contributed by atoms with Crippen LogP contribution in [0.5, 0.6) is 0 Å². The average molecular weight is 290 g/mol. The van der Waals surface area contributed by atoms with Gasteiger partial charge >= 0.3 is 5.97 Å². The molecule has 1 fully saturated rings. The molecule has 0 radical (unpaired) electrons. The summed E-state index contributed by atoms with van der Waals surface area (Å²) in [6.07, 6.45) is 0. The molecule has 3 rings (SSSR count). The van der Waals surface area contributed by atoms with Crippen LogP contribution in [0.1, 0.15) is 10.4 Å². The number of carbonyl (C=O) groups excluding carboxylic acids is 1. The molecule has 1 saturated heterocycles. The van der Waals surface area contributed by atoms with E-state index < -0.39 is 0 Å². The quantitative estimate of drug-likeness (QED) is 0.786. The van der Waals surface area contributed by atoms with Gasteiger partial charge in [-0.1, -0.05) is 36.4 Å². The Bertz CT molecular complexity index is 586. The standard InChI is InChI=1S/C15H14O2S2/c16-15(17-14-10-18-8-9-19-14)13-7-3-5-11-4-1-2-6-12(11)13/h1-7,14H,8-10H2. The molecule has 0 aromatic heterocycles. The Morgan fingerprint density at radius 1 is 1.11 bits per heavy atom. The van der Waals surface area contributed by atoms with Crippen molar-refractivity contribution >= 4 is 40.3 Å². The highest BCUT2D eigenvalue weighted by Crippen LogP contribution is 2.27. The second kappa shape index (κ2) is 5.88. The fraction of sp³-hybridized carbons (Fsp3) is 0.267. The lowest BCUT2D eigenvalue weighted by Gasteiger charge is -2.21. The number of carbonyl (C=O) groups is 1. The van der Waals surface area contributed by atoms with Crippen molar-refractivity contribution in [2.75, 3.05) is 17.3 Å². The summed E-state index contributed by atoms with van der Waals surface area (Å²) in [5, 5.41) is 2.03. The molecule has 1 heterocycles. The SMILES string of the molecule is O=C(OC1CSCCS1)c1cccc2ccccc12. The molecule has 0 amide bonds. The van der Waals surface area contributed by atoms with Crippen molar-refractivity contribution in [3.05, 3.63) is 48.0 Å². The summed E-state index contributed by atoms with van der Waals surface area (Å²) in [6, 6.07) is 13.7. The highest BCUT2D eigenvalue weighted by Gasteiger charge is 2.20. The zero-order valence-corrected chi connectivity index (χ0v) is 12.0. The van der Waals surface area contributed by atoms with Gasteiger partial charge in [-0.25, -0.2) is 4.79 Å². The second-order valence-corrected chi connectivity index (χ2v) is 6.72. The number of hydrogen-bond acceptors (Lipinski definition) is 4. The van der Waals surface area contributed by atoms with E-state index in [4.69, 9.17) is 4.74 Å². The van der Waals surface area contributed by atoms with Gasteiger partial charge in [0.05, 0.1) is 5.56 Å². The smallest absolute Gasteiger partial charge is 0.339 e. The third-order valence-corrected chi connectivity index (χ3v) is 5.61. The van der Waals surface area contributed by atoms with E-state index in [2.05, 4.69) is 0 Å². The first kappa shape index (κ1) is 12.9.